The Bertz CT molecular complexity index is 1040. The first kappa shape index (κ1) is 23.2. The molecule has 0 atom stereocenters. The van der Waals surface area contributed by atoms with Crippen LogP contribution in [-0.4, -0.2) is 82.3 Å². The van der Waals surface area contributed by atoms with E-state index in [0.717, 1.165) is 5.56 Å². The lowest BCUT2D eigenvalue weighted by Gasteiger charge is -2.09. The van der Waals surface area contributed by atoms with Gasteiger partial charge < -0.3 is 35.5 Å². The van der Waals surface area contributed by atoms with E-state index in [1.807, 2.05) is 0 Å². The van der Waals surface area contributed by atoms with Gasteiger partial charge in [0, 0.05) is 19.2 Å². The first-order valence-electron chi connectivity index (χ1n) is 9.93. The molecule has 12 nitrogen and oxygen atoms in total. The number of benzene rings is 1. The average molecular weight is 446 g/mol. The highest BCUT2D eigenvalue weighted by molar-refractivity contribution is 5.94. The number of ether oxygens (including phenoxy) is 3. The maximum Gasteiger partial charge on any atom is 0.320 e. The molecule has 2 aromatic heterocycles. The monoisotopic (exact) mass is 446 g/mol. The van der Waals surface area contributed by atoms with Crippen molar-refractivity contribution in [3.63, 3.8) is 0 Å². The fourth-order valence-electron chi connectivity index (χ4n) is 2.87. The second kappa shape index (κ2) is 11.2. The van der Waals surface area contributed by atoms with Crippen LogP contribution in [0.4, 0.5) is 5.82 Å². The fraction of sp³-hybridized carbons (Fsp3) is 0.400. The zero-order chi connectivity index (χ0) is 22.9. The third kappa shape index (κ3) is 5.81. The quantitative estimate of drug-likeness (QED) is 0.276. The van der Waals surface area contributed by atoms with E-state index in [9.17, 15) is 9.90 Å². The number of nitrogens with one attached hydrogen (secondary N) is 1. The third-order valence-corrected chi connectivity index (χ3v) is 4.42. The van der Waals surface area contributed by atoms with E-state index >= 15 is 0 Å². The van der Waals surface area contributed by atoms with E-state index in [-0.39, 0.29) is 55.6 Å². The van der Waals surface area contributed by atoms with Gasteiger partial charge in [0.1, 0.15) is 6.61 Å². The van der Waals surface area contributed by atoms with Crippen LogP contribution in [0.3, 0.4) is 0 Å². The van der Waals surface area contributed by atoms with Gasteiger partial charge in [-0.25, -0.2) is 0 Å². The first-order chi connectivity index (χ1) is 15.5. The largest absolute Gasteiger partial charge is 0.480 e. The maximum atomic E-state index is 12.2. The van der Waals surface area contributed by atoms with Gasteiger partial charge in [-0.05, 0) is 17.7 Å². The highest BCUT2D eigenvalue weighted by atomic mass is 16.5. The molecule has 0 saturated heterocycles. The third-order valence-electron chi connectivity index (χ3n) is 4.42. The molecule has 0 aliphatic rings. The number of amides is 1. The number of aliphatic hydroxyl groups excluding tert-OH is 1. The highest BCUT2D eigenvalue weighted by Gasteiger charge is 2.17. The minimum absolute atomic E-state index is 0.0576. The molecule has 172 valence electrons. The molecular weight excluding hydrogens is 420 g/mol. The Hall–Kier alpha value is -3.48. The van der Waals surface area contributed by atoms with Crippen molar-refractivity contribution in [2.24, 2.45) is 0 Å². The summed E-state index contributed by atoms with van der Waals surface area (Å²) in [5, 5.41) is 21.7. The summed E-state index contributed by atoms with van der Waals surface area (Å²) in [4.78, 5) is 24.6. The topological polar surface area (TPSA) is 167 Å². The Kier molecular flexibility index (Phi) is 8.14. The number of anilines is 1. The second-order valence-electron chi connectivity index (χ2n) is 6.69. The minimum Gasteiger partial charge on any atom is -0.480 e. The molecule has 0 fully saturated rings. The summed E-state index contributed by atoms with van der Waals surface area (Å²) in [6.07, 6.45) is 0. The summed E-state index contributed by atoms with van der Waals surface area (Å²) >= 11 is 0. The summed E-state index contributed by atoms with van der Waals surface area (Å²) in [5.41, 5.74) is 7.82. The summed E-state index contributed by atoms with van der Waals surface area (Å²) in [6, 6.07) is 6.69. The van der Waals surface area contributed by atoms with E-state index in [1.54, 1.807) is 31.4 Å². The molecule has 1 amide bonds. The zero-order valence-electron chi connectivity index (χ0n) is 17.7. The lowest BCUT2D eigenvalue weighted by atomic mass is 10.1. The molecule has 0 saturated carbocycles. The number of rotatable bonds is 12. The number of imidazole rings is 1. The van der Waals surface area contributed by atoms with Crippen molar-refractivity contribution in [3.8, 4) is 12.0 Å². The van der Waals surface area contributed by atoms with Gasteiger partial charge in [0.05, 0.1) is 33.0 Å². The number of nitrogen functional groups attached to an aromatic ring is 1. The van der Waals surface area contributed by atoms with Crippen LogP contribution in [0.2, 0.25) is 0 Å². The van der Waals surface area contributed by atoms with Crippen molar-refractivity contribution in [1.29, 1.82) is 0 Å². The van der Waals surface area contributed by atoms with Crippen LogP contribution >= 0.6 is 0 Å². The number of methoxy groups -OCH3 is 1. The minimum atomic E-state index is -0.264. The average Bonchev–Trinajstić information content (AvgIpc) is 3.10. The van der Waals surface area contributed by atoms with Crippen molar-refractivity contribution in [2.75, 3.05) is 52.4 Å². The Labute approximate surface area is 184 Å². The number of aliphatic hydroxyl groups is 1. The number of carbonyl (C=O) groups excluding carboxylic acids is 1. The number of hydrogen-bond acceptors (Lipinski definition) is 10. The van der Waals surface area contributed by atoms with E-state index in [2.05, 4.69) is 20.3 Å². The van der Waals surface area contributed by atoms with Crippen LogP contribution in [0, 0.1) is 0 Å². The maximum absolute atomic E-state index is 12.2. The van der Waals surface area contributed by atoms with Gasteiger partial charge in [-0.1, -0.05) is 12.1 Å². The number of fused-ring (bicyclic) bond motifs is 1. The first-order valence-corrected chi connectivity index (χ1v) is 9.93. The van der Waals surface area contributed by atoms with Gasteiger partial charge in [-0.3, -0.25) is 9.36 Å². The number of aromatic hydroxyl groups is 1. The standard InChI is InChI=1S/C20H26N6O6/c1-30-10-11-32-19-24-16(21)15-17(25-19)26(20(29)23-15)12-13-2-4-14(5-3-13)18(28)22-6-8-31-9-7-27/h2-5,27H,6-12H2,1H3,(H,22,28)(H,23,29)(H2,21,24,25). The molecule has 0 aliphatic heterocycles. The van der Waals surface area contributed by atoms with Gasteiger partial charge in [0.15, 0.2) is 17.0 Å². The molecule has 12 heteroatoms. The lowest BCUT2D eigenvalue weighted by molar-refractivity contribution is 0.0838. The van der Waals surface area contributed by atoms with E-state index < -0.39 is 0 Å². The second-order valence-corrected chi connectivity index (χ2v) is 6.69. The SMILES string of the molecule is COCCOc1nc(N)c2nc(O)n(Cc3ccc(C(=O)NCCOCCO)cc3)c2n1. The Morgan fingerprint density at radius 3 is 2.62 bits per heavy atom. The molecular formula is C20H26N6O6. The van der Waals surface area contributed by atoms with Crippen molar-refractivity contribution in [3.05, 3.63) is 35.4 Å². The predicted molar refractivity (Wildman–Crippen MR) is 115 cm³/mol. The summed E-state index contributed by atoms with van der Waals surface area (Å²) in [5.74, 6) is -0.148. The number of carbonyl (C=O) groups is 1. The Balaban J connectivity index is 1.70. The van der Waals surface area contributed by atoms with Crippen LogP contribution in [0.15, 0.2) is 24.3 Å². The fourth-order valence-corrected chi connectivity index (χ4v) is 2.87. The number of nitrogens with zero attached hydrogens (tertiary/aromatic N) is 4. The molecule has 1 aromatic carbocycles. The van der Waals surface area contributed by atoms with Gasteiger partial charge >= 0.3 is 6.01 Å². The lowest BCUT2D eigenvalue weighted by Crippen LogP contribution is -2.27. The molecule has 3 rings (SSSR count). The predicted octanol–water partition coefficient (Wildman–Crippen LogP) is -0.0737. The molecule has 0 unspecified atom stereocenters. The smallest absolute Gasteiger partial charge is 0.320 e. The highest BCUT2D eigenvalue weighted by Crippen LogP contribution is 2.25. The summed E-state index contributed by atoms with van der Waals surface area (Å²) in [6.45, 7) is 1.69. The number of aromatic nitrogens is 4. The van der Waals surface area contributed by atoms with Crippen LogP contribution in [0.1, 0.15) is 15.9 Å². The van der Waals surface area contributed by atoms with E-state index in [0.29, 0.717) is 31.0 Å². The van der Waals surface area contributed by atoms with Crippen LogP contribution in [-0.2, 0) is 16.0 Å². The number of hydrogen-bond donors (Lipinski definition) is 4. The van der Waals surface area contributed by atoms with Gasteiger partial charge in [0.25, 0.3) is 11.9 Å². The zero-order valence-corrected chi connectivity index (χ0v) is 17.7. The number of nitrogens with two attached hydrogens (primary N) is 1. The van der Waals surface area contributed by atoms with Gasteiger partial charge in [-0.2, -0.15) is 15.0 Å². The summed E-state index contributed by atoms with van der Waals surface area (Å²) in [7, 11) is 1.55. The van der Waals surface area contributed by atoms with Crippen LogP contribution in [0.5, 0.6) is 12.0 Å². The normalized spacial score (nSPS) is 11.1. The molecule has 32 heavy (non-hydrogen) atoms. The van der Waals surface area contributed by atoms with E-state index in [1.165, 1.54) is 4.57 Å². The molecule has 0 spiro atoms. The van der Waals surface area contributed by atoms with E-state index in [4.69, 9.17) is 25.1 Å². The van der Waals surface area contributed by atoms with Crippen LogP contribution in [0.25, 0.3) is 11.2 Å². The molecule has 0 bridgehead atoms. The van der Waals surface area contributed by atoms with Gasteiger partial charge in [-0.15, -0.1) is 0 Å². The van der Waals surface area contributed by atoms with Gasteiger partial charge in [0.2, 0.25) is 0 Å². The Morgan fingerprint density at radius 1 is 1.12 bits per heavy atom. The molecule has 0 radical (unpaired) electrons. The van der Waals surface area contributed by atoms with Crippen molar-refractivity contribution >= 4 is 22.9 Å². The molecule has 2 heterocycles. The van der Waals surface area contributed by atoms with Crippen molar-refractivity contribution in [2.45, 2.75) is 6.54 Å². The van der Waals surface area contributed by atoms with Crippen molar-refractivity contribution < 1.29 is 29.2 Å². The molecule has 5 N–H and O–H groups in total. The van der Waals surface area contributed by atoms with Crippen LogP contribution < -0.4 is 15.8 Å². The molecule has 0 aliphatic carbocycles. The van der Waals surface area contributed by atoms with Crippen molar-refractivity contribution in [1.82, 2.24) is 24.8 Å². The summed E-state index contributed by atoms with van der Waals surface area (Å²) < 4.78 is 17.0. The Morgan fingerprint density at radius 2 is 1.91 bits per heavy atom. The molecule has 3 aromatic rings.